The van der Waals surface area contributed by atoms with Crippen molar-refractivity contribution in [2.24, 2.45) is 5.92 Å². The van der Waals surface area contributed by atoms with Crippen LogP contribution in [0.4, 0.5) is 0 Å². The highest BCUT2D eigenvalue weighted by Gasteiger charge is 2.25. The lowest BCUT2D eigenvalue weighted by molar-refractivity contribution is 0.0918. The molecule has 1 aromatic rings. The molecule has 0 aliphatic heterocycles. The van der Waals surface area contributed by atoms with E-state index < -0.39 is 0 Å². The summed E-state index contributed by atoms with van der Waals surface area (Å²) >= 11 is 1.66. The van der Waals surface area contributed by atoms with Crippen LogP contribution in [0, 0.1) is 17.2 Å². The molecule has 2 nitrogen and oxygen atoms in total. The number of hydrogen-bond acceptors (Lipinski definition) is 3. The maximum Gasteiger partial charge on any atom is 0.168 e. The zero-order chi connectivity index (χ0) is 9.97. The van der Waals surface area contributed by atoms with E-state index in [0.717, 1.165) is 24.8 Å². The van der Waals surface area contributed by atoms with Crippen molar-refractivity contribution in [1.29, 1.82) is 5.26 Å². The molecule has 1 aliphatic rings. The topological polar surface area (TPSA) is 40.9 Å². The zero-order valence-electron chi connectivity index (χ0n) is 7.82. The van der Waals surface area contributed by atoms with Crippen LogP contribution in [0.3, 0.4) is 0 Å². The van der Waals surface area contributed by atoms with Crippen LogP contribution in [0.25, 0.3) is 0 Å². The molecule has 3 heteroatoms. The number of fused-ring (bicyclic) bond motifs is 1. The van der Waals surface area contributed by atoms with Crippen LogP contribution in [-0.4, -0.2) is 5.78 Å². The Morgan fingerprint density at radius 2 is 2.50 bits per heavy atom. The minimum atomic E-state index is -0.0594. The quantitative estimate of drug-likeness (QED) is 0.661. The fourth-order valence-electron chi connectivity index (χ4n) is 1.92. The first-order chi connectivity index (χ1) is 6.83. The predicted octanol–water partition coefficient (Wildman–Crippen LogP) is 2.80. The van der Waals surface area contributed by atoms with E-state index in [0.29, 0.717) is 6.42 Å². The average molecular weight is 205 g/mol. The number of nitriles is 1. The van der Waals surface area contributed by atoms with Gasteiger partial charge >= 0.3 is 0 Å². The number of carbonyl (C=O) groups is 1. The Labute approximate surface area is 87.2 Å². The van der Waals surface area contributed by atoms with Gasteiger partial charge in [-0.15, -0.1) is 11.3 Å². The molecular weight excluding hydrogens is 194 g/mol. The molecule has 1 atom stereocenters. The van der Waals surface area contributed by atoms with Crippen molar-refractivity contribution in [2.45, 2.75) is 25.7 Å². The van der Waals surface area contributed by atoms with E-state index >= 15 is 0 Å². The molecule has 1 aliphatic carbocycles. The van der Waals surface area contributed by atoms with Gasteiger partial charge in [-0.2, -0.15) is 5.26 Å². The summed E-state index contributed by atoms with van der Waals surface area (Å²) < 4.78 is 0. The van der Waals surface area contributed by atoms with Crippen LogP contribution in [0.5, 0.6) is 0 Å². The summed E-state index contributed by atoms with van der Waals surface area (Å²) in [6, 6.07) is 4.00. The average Bonchev–Trinajstić information content (AvgIpc) is 2.59. The fourth-order valence-corrected chi connectivity index (χ4v) is 2.84. The molecule has 14 heavy (non-hydrogen) atoms. The highest BCUT2D eigenvalue weighted by molar-refractivity contribution is 7.10. The van der Waals surface area contributed by atoms with Crippen molar-refractivity contribution in [3.63, 3.8) is 0 Å². The van der Waals surface area contributed by atoms with E-state index in [9.17, 15) is 4.79 Å². The van der Waals surface area contributed by atoms with E-state index in [1.807, 2.05) is 11.4 Å². The first kappa shape index (κ1) is 9.42. The van der Waals surface area contributed by atoms with Gasteiger partial charge in [0, 0.05) is 22.8 Å². The lowest BCUT2D eigenvalue weighted by Gasteiger charge is -2.07. The highest BCUT2D eigenvalue weighted by Crippen LogP contribution is 2.29. The standard InChI is InChI=1S/C11H11NOS/c12-6-4-8-2-1-3-10-9(11(8)13)5-7-14-10/h5,7-8H,1-4H2. The molecular formula is C11H11NOS. The minimum absolute atomic E-state index is 0.0594. The second-order valence-electron chi connectivity index (χ2n) is 3.57. The van der Waals surface area contributed by atoms with Gasteiger partial charge in [0.25, 0.3) is 0 Å². The Bertz CT molecular complexity index is 388. The lowest BCUT2D eigenvalue weighted by Crippen LogP contribution is -2.12. The molecule has 0 saturated carbocycles. The van der Waals surface area contributed by atoms with Gasteiger partial charge in [-0.05, 0) is 30.7 Å². The smallest absolute Gasteiger partial charge is 0.168 e. The summed E-state index contributed by atoms with van der Waals surface area (Å²) in [6.45, 7) is 0. The Kier molecular flexibility index (Phi) is 2.64. The molecule has 0 N–H and O–H groups in total. The number of aryl methyl sites for hydroxylation is 1. The monoisotopic (exact) mass is 205 g/mol. The van der Waals surface area contributed by atoms with E-state index in [-0.39, 0.29) is 11.7 Å². The van der Waals surface area contributed by atoms with E-state index in [4.69, 9.17) is 5.26 Å². The lowest BCUT2D eigenvalue weighted by atomic mass is 9.94. The van der Waals surface area contributed by atoms with Crippen LogP contribution >= 0.6 is 11.3 Å². The Balaban J connectivity index is 2.30. The van der Waals surface area contributed by atoms with Crippen molar-refractivity contribution in [3.8, 4) is 6.07 Å². The summed E-state index contributed by atoms with van der Waals surface area (Å²) in [5, 5.41) is 10.6. The summed E-state index contributed by atoms with van der Waals surface area (Å²) in [5.41, 5.74) is 0.868. The van der Waals surface area contributed by atoms with Crippen LogP contribution in [0.15, 0.2) is 11.4 Å². The highest BCUT2D eigenvalue weighted by atomic mass is 32.1. The molecule has 0 spiro atoms. The number of thiophene rings is 1. The molecule has 1 aromatic heterocycles. The molecule has 1 unspecified atom stereocenters. The van der Waals surface area contributed by atoms with Crippen LogP contribution in [0.2, 0.25) is 0 Å². The molecule has 0 saturated heterocycles. The summed E-state index contributed by atoms with van der Waals surface area (Å²) in [7, 11) is 0. The van der Waals surface area contributed by atoms with Crippen molar-refractivity contribution in [3.05, 3.63) is 21.9 Å². The summed E-state index contributed by atoms with van der Waals surface area (Å²) in [5.74, 6) is 0.121. The predicted molar refractivity (Wildman–Crippen MR) is 55.3 cm³/mol. The molecule has 0 radical (unpaired) electrons. The maximum atomic E-state index is 11.9. The second-order valence-corrected chi connectivity index (χ2v) is 4.57. The van der Waals surface area contributed by atoms with Gasteiger partial charge in [0.05, 0.1) is 6.07 Å². The van der Waals surface area contributed by atoms with Gasteiger partial charge in [0.1, 0.15) is 0 Å². The van der Waals surface area contributed by atoms with Gasteiger partial charge in [-0.1, -0.05) is 0 Å². The summed E-state index contributed by atoms with van der Waals surface area (Å²) in [6.07, 6.45) is 3.27. The molecule has 0 fully saturated rings. The Morgan fingerprint density at radius 3 is 3.29 bits per heavy atom. The van der Waals surface area contributed by atoms with Gasteiger partial charge in [-0.25, -0.2) is 0 Å². The molecule has 72 valence electrons. The third kappa shape index (κ3) is 1.58. The number of carbonyl (C=O) groups excluding carboxylic acids is 1. The SMILES string of the molecule is N#CCC1CCCc2sccc2C1=O. The fraction of sp³-hybridized carbons (Fsp3) is 0.455. The van der Waals surface area contributed by atoms with Crippen LogP contribution in [0.1, 0.15) is 34.5 Å². The number of hydrogen-bond donors (Lipinski definition) is 0. The van der Waals surface area contributed by atoms with Crippen molar-refractivity contribution < 1.29 is 4.79 Å². The van der Waals surface area contributed by atoms with E-state index in [1.54, 1.807) is 11.3 Å². The van der Waals surface area contributed by atoms with Crippen LogP contribution in [-0.2, 0) is 6.42 Å². The van der Waals surface area contributed by atoms with E-state index in [1.165, 1.54) is 4.88 Å². The minimum Gasteiger partial charge on any atom is -0.294 e. The van der Waals surface area contributed by atoms with Gasteiger partial charge in [0.15, 0.2) is 5.78 Å². The third-order valence-corrected chi connectivity index (χ3v) is 3.66. The van der Waals surface area contributed by atoms with Crippen molar-refractivity contribution in [2.75, 3.05) is 0 Å². The van der Waals surface area contributed by atoms with Gasteiger partial charge in [-0.3, -0.25) is 4.79 Å². The first-order valence-electron chi connectivity index (χ1n) is 4.80. The van der Waals surface area contributed by atoms with Crippen molar-refractivity contribution >= 4 is 17.1 Å². The number of ketones is 1. The van der Waals surface area contributed by atoms with Gasteiger partial charge in [0.2, 0.25) is 0 Å². The third-order valence-electron chi connectivity index (χ3n) is 2.68. The molecule has 0 aromatic carbocycles. The molecule has 0 bridgehead atoms. The van der Waals surface area contributed by atoms with E-state index in [2.05, 4.69) is 6.07 Å². The van der Waals surface area contributed by atoms with Gasteiger partial charge < -0.3 is 0 Å². The number of nitrogens with zero attached hydrogens (tertiary/aromatic N) is 1. The maximum absolute atomic E-state index is 11.9. The number of Topliss-reactive ketones (excluding diaryl/α,β-unsaturated/α-hetero) is 1. The number of rotatable bonds is 1. The molecule has 2 rings (SSSR count). The Morgan fingerprint density at radius 1 is 1.64 bits per heavy atom. The van der Waals surface area contributed by atoms with Crippen molar-refractivity contribution in [1.82, 2.24) is 0 Å². The first-order valence-corrected chi connectivity index (χ1v) is 5.68. The van der Waals surface area contributed by atoms with Crippen LogP contribution < -0.4 is 0 Å². The normalized spacial score (nSPS) is 21.1. The molecule has 0 amide bonds. The summed E-state index contributed by atoms with van der Waals surface area (Å²) in [4.78, 5) is 13.1. The largest absolute Gasteiger partial charge is 0.294 e. The Hall–Kier alpha value is -1.14. The molecule has 1 heterocycles. The second kappa shape index (κ2) is 3.93. The zero-order valence-corrected chi connectivity index (χ0v) is 8.64.